The first-order chi connectivity index (χ1) is 13.1. The Hall–Kier alpha value is -3.07. The van der Waals surface area contributed by atoms with Gasteiger partial charge in [-0.25, -0.2) is 0 Å². The Bertz CT molecular complexity index is 829. The van der Waals surface area contributed by atoms with Gasteiger partial charge in [-0.2, -0.15) is 0 Å². The van der Waals surface area contributed by atoms with Crippen LogP contribution in [0.5, 0.6) is 5.75 Å². The zero-order valence-electron chi connectivity index (χ0n) is 15.6. The summed E-state index contributed by atoms with van der Waals surface area (Å²) in [5.74, 6) is 0.116. The molecule has 0 saturated carbocycles. The molecule has 3 rings (SSSR count). The van der Waals surface area contributed by atoms with Crippen LogP contribution in [0.3, 0.4) is 0 Å². The van der Waals surface area contributed by atoms with Crippen LogP contribution in [0.4, 0.5) is 0 Å². The third kappa shape index (κ3) is 4.98. The van der Waals surface area contributed by atoms with E-state index in [1.165, 1.54) is 0 Å². The first kappa shape index (κ1) is 18.7. The van der Waals surface area contributed by atoms with Crippen molar-refractivity contribution < 1.29 is 14.3 Å². The van der Waals surface area contributed by atoms with Crippen molar-refractivity contribution in [2.45, 2.75) is 26.1 Å². The molecule has 0 aliphatic rings. The first-order valence-corrected chi connectivity index (χ1v) is 9.17. The normalized spacial score (nSPS) is 13.0. The van der Waals surface area contributed by atoms with Gasteiger partial charge in [-0.05, 0) is 23.6 Å². The molecular formula is C24H24O3. The lowest BCUT2D eigenvalue weighted by Crippen LogP contribution is -2.25. The van der Waals surface area contributed by atoms with Gasteiger partial charge in [0.1, 0.15) is 5.75 Å². The van der Waals surface area contributed by atoms with Crippen LogP contribution in [0, 0.1) is 5.92 Å². The molecule has 0 fully saturated rings. The average Bonchev–Trinajstić information content (AvgIpc) is 2.69. The van der Waals surface area contributed by atoms with Gasteiger partial charge in [0.05, 0.1) is 5.92 Å². The molecule has 0 heterocycles. The van der Waals surface area contributed by atoms with E-state index in [9.17, 15) is 4.79 Å². The molecule has 3 aromatic rings. The second-order valence-corrected chi connectivity index (χ2v) is 6.74. The summed E-state index contributed by atoms with van der Waals surface area (Å²) < 4.78 is 11.9. The van der Waals surface area contributed by atoms with Crippen molar-refractivity contribution in [1.82, 2.24) is 0 Å². The van der Waals surface area contributed by atoms with Crippen LogP contribution >= 0.6 is 0 Å². The first-order valence-electron chi connectivity index (χ1n) is 9.17. The Balaban J connectivity index is 1.85. The van der Waals surface area contributed by atoms with Crippen molar-refractivity contribution in [2.24, 2.45) is 5.92 Å². The van der Waals surface area contributed by atoms with Crippen LogP contribution in [-0.4, -0.2) is 5.97 Å². The predicted octanol–water partition coefficient (Wildman–Crippen LogP) is 5.75. The fourth-order valence-corrected chi connectivity index (χ4v) is 3.03. The van der Waals surface area contributed by atoms with Gasteiger partial charge in [0.25, 0.3) is 6.29 Å². The van der Waals surface area contributed by atoms with E-state index in [0.717, 1.165) is 11.1 Å². The van der Waals surface area contributed by atoms with Gasteiger partial charge in [-0.1, -0.05) is 92.7 Å². The van der Waals surface area contributed by atoms with E-state index < -0.39 is 6.29 Å². The summed E-state index contributed by atoms with van der Waals surface area (Å²) in [6.07, 6.45) is -0.800. The smallest absolute Gasteiger partial charge is 0.317 e. The van der Waals surface area contributed by atoms with Crippen LogP contribution in [0.1, 0.15) is 37.2 Å². The molecular weight excluding hydrogens is 336 g/mol. The van der Waals surface area contributed by atoms with Gasteiger partial charge in [0, 0.05) is 5.56 Å². The summed E-state index contributed by atoms with van der Waals surface area (Å²) in [5.41, 5.74) is 1.74. The Labute approximate surface area is 160 Å². The maximum atomic E-state index is 13.1. The van der Waals surface area contributed by atoms with E-state index in [-0.39, 0.29) is 17.8 Å². The minimum Gasteiger partial charge on any atom is -0.450 e. The van der Waals surface area contributed by atoms with Crippen LogP contribution in [0.25, 0.3) is 0 Å². The van der Waals surface area contributed by atoms with E-state index in [0.29, 0.717) is 5.75 Å². The number of carbonyl (C=O) groups is 1. The van der Waals surface area contributed by atoms with Gasteiger partial charge in [-0.3, -0.25) is 4.79 Å². The number of para-hydroxylation sites is 1. The largest absolute Gasteiger partial charge is 0.450 e. The zero-order chi connectivity index (χ0) is 19.1. The number of hydrogen-bond donors (Lipinski definition) is 0. The van der Waals surface area contributed by atoms with Crippen molar-refractivity contribution in [2.75, 3.05) is 0 Å². The third-order valence-corrected chi connectivity index (χ3v) is 4.36. The second kappa shape index (κ2) is 9.04. The highest BCUT2D eigenvalue weighted by Gasteiger charge is 2.29. The lowest BCUT2D eigenvalue weighted by Gasteiger charge is -2.25. The maximum absolute atomic E-state index is 13.1. The SMILES string of the molecule is CC(C)C(C(=O)OC(Oc1ccccc1)c1ccccc1)c1ccccc1. The van der Waals surface area contributed by atoms with Crippen LogP contribution in [0.15, 0.2) is 91.0 Å². The maximum Gasteiger partial charge on any atom is 0.317 e. The van der Waals surface area contributed by atoms with Crippen molar-refractivity contribution in [3.63, 3.8) is 0 Å². The zero-order valence-corrected chi connectivity index (χ0v) is 15.6. The van der Waals surface area contributed by atoms with E-state index in [1.807, 2.05) is 105 Å². The molecule has 0 saturated heterocycles. The molecule has 0 aliphatic heterocycles. The molecule has 2 atom stereocenters. The molecule has 0 aliphatic carbocycles. The van der Waals surface area contributed by atoms with E-state index in [1.54, 1.807) is 0 Å². The number of rotatable bonds is 7. The summed E-state index contributed by atoms with van der Waals surface area (Å²) in [6, 6.07) is 28.7. The van der Waals surface area contributed by atoms with Crippen molar-refractivity contribution in [3.8, 4) is 5.75 Å². The molecule has 2 unspecified atom stereocenters. The minimum absolute atomic E-state index is 0.105. The Kier molecular flexibility index (Phi) is 6.26. The number of carbonyl (C=O) groups excluding carboxylic acids is 1. The molecule has 3 aromatic carbocycles. The summed E-state index contributed by atoms with van der Waals surface area (Å²) in [7, 11) is 0. The number of esters is 1. The van der Waals surface area contributed by atoms with Gasteiger partial charge in [0.15, 0.2) is 0 Å². The standard InChI is InChI=1S/C24H24O3/c1-18(2)22(19-12-6-3-7-13-19)23(25)27-24(20-14-8-4-9-15-20)26-21-16-10-5-11-17-21/h3-18,22,24H,1-2H3. The number of benzene rings is 3. The molecule has 0 radical (unpaired) electrons. The summed E-state index contributed by atoms with van der Waals surface area (Å²) in [4.78, 5) is 13.1. The fraction of sp³-hybridized carbons (Fsp3) is 0.208. The second-order valence-electron chi connectivity index (χ2n) is 6.74. The van der Waals surface area contributed by atoms with E-state index >= 15 is 0 Å². The van der Waals surface area contributed by atoms with Gasteiger partial charge in [-0.15, -0.1) is 0 Å². The molecule has 3 nitrogen and oxygen atoms in total. The van der Waals surface area contributed by atoms with Crippen molar-refractivity contribution in [1.29, 1.82) is 0 Å². The molecule has 0 amide bonds. The lowest BCUT2D eigenvalue weighted by molar-refractivity contribution is -0.168. The van der Waals surface area contributed by atoms with Crippen LogP contribution < -0.4 is 4.74 Å². The topological polar surface area (TPSA) is 35.5 Å². The van der Waals surface area contributed by atoms with Crippen LogP contribution in [0.2, 0.25) is 0 Å². The van der Waals surface area contributed by atoms with Crippen LogP contribution in [-0.2, 0) is 9.53 Å². The van der Waals surface area contributed by atoms with Crippen molar-refractivity contribution in [3.05, 3.63) is 102 Å². The quantitative estimate of drug-likeness (QED) is 0.398. The highest BCUT2D eigenvalue weighted by Crippen LogP contribution is 2.30. The van der Waals surface area contributed by atoms with E-state index in [4.69, 9.17) is 9.47 Å². The number of ether oxygens (including phenoxy) is 2. The summed E-state index contributed by atoms with van der Waals surface area (Å²) in [5, 5.41) is 0. The molecule has 0 spiro atoms. The Morgan fingerprint density at radius 2 is 1.19 bits per heavy atom. The molecule has 138 valence electrons. The highest BCUT2D eigenvalue weighted by molar-refractivity contribution is 5.78. The molecule has 0 N–H and O–H groups in total. The van der Waals surface area contributed by atoms with Gasteiger partial charge in [0.2, 0.25) is 0 Å². The molecule has 0 aromatic heterocycles. The highest BCUT2D eigenvalue weighted by atomic mass is 16.7. The molecule has 27 heavy (non-hydrogen) atoms. The summed E-state index contributed by atoms with van der Waals surface area (Å²) >= 11 is 0. The van der Waals surface area contributed by atoms with Crippen molar-refractivity contribution >= 4 is 5.97 Å². The van der Waals surface area contributed by atoms with Gasteiger partial charge >= 0.3 is 5.97 Å². The fourth-order valence-electron chi connectivity index (χ4n) is 3.03. The molecule has 0 bridgehead atoms. The monoisotopic (exact) mass is 360 g/mol. The predicted molar refractivity (Wildman–Crippen MR) is 106 cm³/mol. The Morgan fingerprint density at radius 3 is 1.70 bits per heavy atom. The van der Waals surface area contributed by atoms with E-state index in [2.05, 4.69) is 0 Å². The number of hydrogen-bond acceptors (Lipinski definition) is 3. The minimum atomic E-state index is -0.800. The third-order valence-electron chi connectivity index (χ3n) is 4.36. The molecule has 3 heteroatoms. The Morgan fingerprint density at radius 1 is 0.704 bits per heavy atom. The average molecular weight is 360 g/mol. The lowest BCUT2D eigenvalue weighted by atomic mass is 9.88. The summed E-state index contributed by atoms with van der Waals surface area (Å²) in [6.45, 7) is 4.04. The van der Waals surface area contributed by atoms with Gasteiger partial charge < -0.3 is 9.47 Å².